The average Bonchev–Trinajstić information content (AvgIpc) is 3.57. The molecule has 0 saturated carbocycles. The molecule has 1 aliphatic heterocycles. The number of benzene rings is 7. The number of fused-ring (bicyclic) bond motifs is 12. The van der Waals surface area contributed by atoms with E-state index >= 15 is 0 Å². The molecule has 0 saturated heterocycles. The Morgan fingerprint density at radius 2 is 1.11 bits per heavy atom. The van der Waals surface area contributed by atoms with E-state index in [1.807, 2.05) is 6.20 Å². The third-order valence-corrected chi connectivity index (χ3v) is 10.9. The molecule has 248 valence electrons. The third-order valence-electron chi connectivity index (χ3n) is 10.9. The summed E-state index contributed by atoms with van der Waals surface area (Å²) < 4.78 is 4.82. The molecule has 3 heterocycles. The van der Waals surface area contributed by atoms with Crippen molar-refractivity contribution >= 4 is 50.8 Å². The van der Waals surface area contributed by atoms with Gasteiger partial charge in [-0.3, -0.25) is 4.98 Å². The van der Waals surface area contributed by atoms with Crippen LogP contribution < -0.4 is 9.48 Å². The third kappa shape index (κ3) is 4.49. The first kappa shape index (κ1) is 29.7. The van der Waals surface area contributed by atoms with Crippen molar-refractivity contribution in [2.24, 2.45) is 0 Å². The normalized spacial score (nSPS) is 12.9. The minimum Gasteiger partial charge on any atom is -0.326 e. The Hall–Kier alpha value is -7.04. The van der Waals surface area contributed by atoms with Gasteiger partial charge in [-0.1, -0.05) is 115 Å². The maximum absolute atomic E-state index is 5.17. The van der Waals surface area contributed by atoms with Crippen LogP contribution in [0, 0.1) is 0 Å². The lowest BCUT2D eigenvalue weighted by Crippen LogP contribution is -2.29. The monoisotopic (exact) mass is 677 g/mol. The molecule has 2 aliphatic rings. The highest BCUT2D eigenvalue weighted by atomic mass is 15.2. The molecule has 0 radical (unpaired) electrons. The van der Waals surface area contributed by atoms with E-state index in [-0.39, 0.29) is 0 Å². The van der Waals surface area contributed by atoms with Crippen molar-refractivity contribution in [3.8, 4) is 50.3 Å². The molecule has 0 fully saturated rings. The molecular formula is C49H33N4+. The summed E-state index contributed by atoms with van der Waals surface area (Å²) in [7, 11) is 0. The van der Waals surface area contributed by atoms with Gasteiger partial charge in [0.25, 0.3) is 0 Å². The van der Waals surface area contributed by atoms with Crippen LogP contribution in [0.15, 0.2) is 182 Å². The second kappa shape index (κ2) is 11.8. The van der Waals surface area contributed by atoms with E-state index in [0.717, 1.165) is 57.4 Å². The fourth-order valence-corrected chi connectivity index (χ4v) is 8.64. The fraction of sp³-hybridized carbons (Fsp3) is 0.0204. The highest BCUT2D eigenvalue weighted by Crippen LogP contribution is 2.53. The number of para-hydroxylation sites is 4. The number of anilines is 2. The Bertz CT molecular complexity index is 2870. The van der Waals surface area contributed by atoms with Gasteiger partial charge in [-0.2, -0.15) is 4.58 Å². The van der Waals surface area contributed by atoms with Gasteiger partial charge in [-0.25, -0.2) is 0 Å². The van der Waals surface area contributed by atoms with E-state index in [4.69, 9.17) is 4.98 Å². The van der Waals surface area contributed by atoms with Crippen molar-refractivity contribution in [3.63, 3.8) is 0 Å². The lowest BCUT2D eigenvalue weighted by molar-refractivity contribution is 1.000. The number of rotatable bonds is 3. The van der Waals surface area contributed by atoms with Crippen molar-refractivity contribution in [1.82, 2.24) is 14.1 Å². The van der Waals surface area contributed by atoms with Gasteiger partial charge in [-0.15, -0.1) is 0 Å². The molecule has 11 rings (SSSR count). The van der Waals surface area contributed by atoms with Gasteiger partial charge in [0.15, 0.2) is 6.21 Å². The number of pyridine rings is 1. The summed E-state index contributed by atoms with van der Waals surface area (Å²) in [5.74, 6) is 0. The van der Waals surface area contributed by atoms with E-state index in [0.29, 0.717) is 0 Å². The highest BCUT2D eigenvalue weighted by Gasteiger charge is 2.33. The number of hydrogen-bond donors (Lipinski definition) is 0. The summed E-state index contributed by atoms with van der Waals surface area (Å²) in [6, 6.07) is 63.7. The van der Waals surface area contributed by atoms with E-state index in [2.05, 4.69) is 196 Å². The molecule has 9 aromatic rings. The van der Waals surface area contributed by atoms with Gasteiger partial charge in [0.05, 0.1) is 22.4 Å². The molecule has 1 aliphatic carbocycles. The topological polar surface area (TPSA) is 24.1 Å². The molecule has 53 heavy (non-hydrogen) atoms. The summed E-state index contributed by atoms with van der Waals surface area (Å²) in [6.45, 7) is 0.733. The molecule has 7 aromatic carbocycles. The maximum Gasteiger partial charge on any atom is 0.235 e. The highest BCUT2D eigenvalue weighted by molar-refractivity contribution is 6.12. The van der Waals surface area contributed by atoms with Crippen molar-refractivity contribution in [1.29, 1.82) is 0 Å². The standard InChI is InChI=1S/C49H33N4/c1-3-15-33(16-4-1)51-29-30-52(34-17-5-2-6-18-34)47-32-42-41(31-46(47)51)39-23-13-27-45(53-43-25-11-9-20-36(43)37-21-10-12-26-44(37)53)48(39)38-22-8-7-19-35(38)40-24-14-28-50-49(40)42/h1-29,31-32H,30H2/q+1. The summed E-state index contributed by atoms with van der Waals surface area (Å²) in [4.78, 5) is 7.58. The minimum absolute atomic E-state index is 0.733. The quantitative estimate of drug-likeness (QED) is 0.174. The lowest BCUT2D eigenvalue weighted by atomic mass is 9.81. The number of nitrogens with zero attached hydrogens (tertiary/aromatic N) is 4. The molecule has 0 amide bonds. The Morgan fingerprint density at radius 1 is 0.472 bits per heavy atom. The Kier molecular flexibility index (Phi) is 6.58. The average molecular weight is 678 g/mol. The maximum atomic E-state index is 5.17. The fourth-order valence-electron chi connectivity index (χ4n) is 8.64. The summed E-state index contributed by atoms with van der Waals surface area (Å²) in [5.41, 5.74) is 17.2. The van der Waals surface area contributed by atoms with Crippen LogP contribution in [-0.4, -0.2) is 22.3 Å². The molecule has 0 N–H and O–H groups in total. The van der Waals surface area contributed by atoms with Crippen LogP contribution >= 0.6 is 0 Å². The molecule has 4 heteroatoms. The van der Waals surface area contributed by atoms with Gasteiger partial charge in [0, 0.05) is 57.5 Å². The predicted octanol–water partition coefficient (Wildman–Crippen LogP) is 12.2. The van der Waals surface area contributed by atoms with Crippen molar-refractivity contribution < 1.29 is 0 Å². The zero-order chi connectivity index (χ0) is 34.9. The Balaban J connectivity index is 1.28. The largest absolute Gasteiger partial charge is 0.326 e. The van der Waals surface area contributed by atoms with E-state index in [1.165, 1.54) is 44.1 Å². The van der Waals surface area contributed by atoms with Crippen LogP contribution in [-0.2, 0) is 0 Å². The smallest absolute Gasteiger partial charge is 0.235 e. The minimum atomic E-state index is 0.733. The zero-order valence-corrected chi connectivity index (χ0v) is 28.9. The molecule has 0 bridgehead atoms. The van der Waals surface area contributed by atoms with Gasteiger partial charge in [-0.05, 0) is 64.7 Å². The summed E-state index contributed by atoms with van der Waals surface area (Å²) >= 11 is 0. The van der Waals surface area contributed by atoms with Crippen LogP contribution in [0.4, 0.5) is 22.7 Å². The van der Waals surface area contributed by atoms with Crippen LogP contribution in [0.3, 0.4) is 0 Å². The Labute approximate surface area is 307 Å². The lowest BCUT2D eigenvalue weighted by Gasteiger charge is -2.30. The van der Waals surface area contributed by atoms with Crippen LogP contribution in [0.2, 0.25) is 0 Å². The first-order valence-electron chi connectivity index (χ1n) is 18.2. The summed E-state index contributed by atoms with van der Waals surface area (Å²) in [5, 5.41) is 2.50. The molecule has 0 atom stereocenters. The van der Waals surface area contributed by atoms with Crippen LogP contribution in [0.1, 0.15) is 0 Å². The summed E-state index contributed by atoms with van der Waals surface area (Å²) in [6.07, 6.45) is 4.23. The molecule has 2 aromatic heterocycles. The molecular weight excluding hydrogens is 645 g/mol. The van der Waals surface area contributed by atoms with E-state index in [9.17, 15) is 0 Å². The zero-order valence-electron chi connectivity index (χ0n) is 28.9. The first-order valence-corrected chi connectivity index (χ1v) is 18.2. The second-order valence-corrected chi connectivity index (χ2v) is 13.7. The van der Waals surface area contributed by atoms with Crippen LogP contribution in [0.5, 0.6) is 0 Å². The molecule has 0 unspecified atom stereocenters. The van der Waals surface area contributed by atoms with Gasteiger partial charge in [0.2, 0.25) is 11.4 Å². The molecule has 0 spiro atoms. The number of aromatic nitrogens is 2. The number of hydrogen-bond acceptors (Lipinski definition) is 2. The van der Waals surface area contributed by atoms with Gasteiger partial charge < -0.3 is 9.47 Å². The van der Waals surface area contributed by atoms with Crippen LogP contribution in [0.25, 0.3) is 72.1 Å². The molecule has 4 nitrogen and oxygen atoms in total. The van der Waals surface area contributed by atoms with Gasteiger partial charge in [0.1, 0.15) is 12.2 Å². The SMILES string of the molecule is C1=[N+](c2ccccc2)c2cc3c(cc2N(c2ccccc2)C1)-c1ncccc1-c1ccccc1-c1c-3cccc1-n1c2ccccc2c2ccccc21. The Morgan fingerprint density at radius 3 is 1.89 bits per heavy atom. The van der Waals surface area contributed by atoms with E-state index < -0.39 is 0 Å². The van der Waals surface area contributed by atoms with Crippen molar-refractivity contribution in [3.05, 3.63) is 182 Å². The first-order chi connectivity index (χ1) is 26.3. The van der Waals surface area contributed by atoms with E-state index in [1.54, 1.807) is 0 Å². The van der Waals surface area contributed by atoms with Gasteiger partial charge >= 0.3 is 0 Å². The van der Waals surface area contributed by atoms with Crippen molar-refractivity contribution in [2.45, 2.75) is 0 Å². The second-order valence-electron chi connectivity index (χ2n) is 13.7. The van der Waals surface area contributed by atoms with Crippen molar-refractivity contribution in [2.75, 3.05) is 11.4 Å². The predicted molar refractivity (Wildman–Crippen MR) is 221 cm³/mol.